The maximum Gasteiger partial charge on any atom is 0.319 e. The summed E-state index contributed by atoms with van der Waals surface area (Å²) in [6, 6.07) is 8.06. The van der Waals surface area contributed by atoms with E-state index in [2.05, 4.69) is 36.3 Å². The molecule has 0 aliphatic rings. The Morgan fingerprint density at radius 1 is 1.23 bits per heavy atom. The average Bonchev–Trinajstić information content (AvgIpc) is 2.48. The number of nitrogens with zero attached hydrogens (tertiary/aromatic N) is 1. The molecular weight excluding hydrogens is 278 g/mol. The van der Waals surface area contributed by atoms with Crippen molar-refractivity contribution in [3.8, 4) is 0 Å². The second-order valence-electron chi connectivity index (χ2n) is 5.64. The molecule has 0 bridgehead atoms. The molecule has 5 heteroatoms. The maximum absolute atomic E-state index is 11.9. The van der Waals surface area contributed by atoms with Crippen LogP contribution in [0.2, 0.25) is 0 Å². The Morgan fingerprint density at radius 3 is 2.32 bits per heavy atom. The summed E-state index contributed by atoms with van der Waals surface area (Å²) in [6.07, 6.45) is 1.37. The van der Waals surface area contributed by atoms with Crippen molar-refractivity contribution in [2.24, 2.45) is 0 Å². The third-order valence-electron chi connectivity index (χ3n) is 3.73. The summed E-state index contributed by atoms with van der Waals surface area (Å²) in [5.74, 6) is 0. The van der Waals surface area contributed by atoms with Gasteiger partial charge in [0.05, 0.1) is 0 Å². The molecule has 1 rings (SSSR count). The van der Waals surface area contributed by atoms with Crippen molar-refractivity contribution in [3.63, 3.8) is 0 Å². The fraction of sp³-hybridized carbons (Fsp3) is 0.588. The van der Waals surface area contributed by atoms with Crippen molar-refractivity contribution >= 4 is 17.4 Å². The van der Waals surface area contributed by atoms with Crippen molar-refractivity contribution in [2.45, 2.75) is 52.6 Å². The molecule has 1 aromatic rings. The number of benzene rings is 1. The van der Waals surface area contributed by atoms with E-state index in [4.69, 9.17) is 5.11 Å². The van der Waals surface area contributed by atoms with Crippen LogP contribution in [-0.2, 0) is 0 Å². The smallest absolute Gasteiger partial charge is 0.319 e. The van der Waals surface area contributed by atoms with Crippen molar-refractivity contribution in [3.05, 3.63) is 24.3 Å². The molecule has 2 amide bonds. The van der Waals surface area contributed by atoms with Crippen LogP contribution in [0, 0.1) is 0 Å². The standard InChI is InChI=1S/C17H29N3O2/c1-5-14(11-12-21)18-17(22)19-15-7-9-16(10-8-15)20(6-2)13(3)4/h7-10,13-14,21H,5-6,11-12H2,1-4H3,(H2,18,19,22). The van der Waals surface area contributed by atoms with E-state index < -0.39 is 0 Å². The van der Waals surface area contributed by atoms with Gasteiger partial charge in [0, 0.05) is 36.6 Å². The van der Waals surface area contributed by atoms with Crippen LogP contribution in [0.25, 0.3) is 0 Å². The summed E-state index contributed by atoms with van der Waals surface area (Å²) in [4.78, 5) is 14.2. The Morgan fingerprint density at radius 2 is 1.86 bits per heavy atom. The van der Waals surface area contributed by atoms with E-state index in [1.54, 1.807) is 0 Å². The SMILES string of the molecule is CCC(CCO)NC(=O)Nc1ccc(N(CC)C(C)C)cc1. The molecule has 0 aliphatic heterocycles. The molecular formula is C17H29N3O2. The zero-order valence-electron chi connectivity index (χ0n) is 14.1. The number of aliphatic hydroxyl groups is 1. The summed E-state index contributed by atoms with van der Waals surface area (Å²) >= 11 is 0. The van der Waals surface area contributed by atoms with Crippen LogP contribution in [-0.4, -0.2) is 36.4 Å². The summed E-state index contributed by atoms with van der Waals surface area (Å²) in [5, 5.41) is 14.6. The third kappa shape index (κ3) is 5.56. The quantitative estimate of drug-likeness (QED) is 0.691. The van der Waals surface area contributed by atoms with Crippen molar-refractivity contribution < 1.29 is 9.90 Å². The van der Waals surface area contributed by atoms with Crippen LogP contribution in [0.1, 0.15) is 40.5 Å². The van der Waals surface area contributed by atoms with Crippen molar-refractivity contribution in [1.82, 2.24) is 5.32 Å². The summed E-state index contributed by atoms with van der Waals surface area (Å²) in [7, 11) is 0. The molecule has 0 spiro atoms. The molecule has 0 saturated heterocycles. The largest absolute Gasteiger partial charge is 0.396 e. The highest BCUT2D eigenvalue weighted by Crippen LogP contribution is 2.19. The molecule has 1 atom stereocenters. The first-order valence-electron chi connectivity index (χ1n) is 8.06. The fourth-order valence-electron chi connectivity index (χ4n) is 2.47. The van der Waals surface area contributed by atoms with Crippen molar-refractivity contribution in [2.75, 3.05) is 23.4 Å². The second kappa shape index (κ2) is 9.30. The first-order valence-corrected chi connectivity index (χ1v) is 8.06. The van der Waals surface area contributed by atoms with Crippen LogP contribution in [0.3, 0.4) is 0 Å². The molecule has 0 fully saturated rings. The predicted molar refractivity (Wildman–Crippen MR) is 92.5 cm³/mol. The Balaban J connectivity index is 2.62. The number of carbonyl (C=O) groups is 1. The van der Waals surface area contributed by atoms with Gasteiger partial charge in [-0.05, 0) is 57.9 Å². The molecule has 1 aromatic carbocycles. The summed E-state index contributed by atoms with van der Waals surface area (Å²) in [5.41, 5.74) is 1.91. The Labute approximate surface area is 133 Å². The number of aliphatic hydroxyl groups excluding tert-OH is 1. The molecule has 0 radical (unpaired) electrons. The number of nitrogens with one attached hydrogen (secondary N) is 2. The van der Waals surface area contributed by atoms with Crippen LogP contribution < -0.4 is 15.5 Å². The van der Waals surface area contributed by atoms with Gasteiger partial charge in [-0.1, -0.05) is 6.92 Å². The van der Waals surface area contributed by atoms with Crippen molar-refractivity contribution in [1.29, 1.82) is 0 Å². The van der Waals surface area contributed by atoms with E-state index in [9.17, 15) is 4.79 Å². The molecule has 1 unspecified atom stereocenters. The van der Waals surface area contributed by atoms with E-state index >= 15 is 0 Å². The molecule has 3 N–H and O–H groups in total. The van der Waals surface area contributed by atoms with E-state index in [1.165, 1.54) is 0 Å². The van der Waals surface area contributed by atoms with Crippen LogP contribution >= 0.6 is 0 Å². The number of rotatable bonds is 8. The zero-order valence-corrected chi connectivity index (χ0v) is 14.1. The number of hydrogen-bond acceptors (Lipinski definition) is 3. The molecule has 0 aliphatic carbocycles. The monoisotopic (exact) mass is 307 g/mol. The van der Waals surface area contributed by atoms with E-state index in [0.29, 0.717) is 12.5 Å². The van der Waals surface area contributed by atoms with Crippen LogP contribution in [0.5, 0.6) is 0 Å². The van der Waals surface area contributed by atoms with Gasteiger partial charge in [-0.3, -0.25) is 0 Å². The van der Waals surface area contributed by atoms with Gasteiger partial charge in [0.15, 0.2) is 0 Å². The topological polar surface area (TPSA) is 64.6 Å². The lowest BCUT2D eigenvalue weighted by atomic mass is 10.1. The maximum atomic E-state index is 11.9. The summed E-state index contributed by atoms with van der Waals surface area (Å²) < 4.78 is 0. The minimum atomic E-state index is -0.232. The molecule has 22 heavy (non-hydrogen) atoms. The van der Waals surface area contributed by atoms with Gasteiger partial charge in [-0.15, -0.1) is 0 Å². The first-order chi connectivity index (χ1) is 10.5. The normalized spacial score (nSPS) is 12.1. The van der Waals surface area contributed by atoms with Gasteiger partial charge in [0.1, 0.15) is 0 Å². The molecule has 0 heterocycles. The van der Waals surface area contributed by atoms with E-state index in [0.717, 1.165) is 24.3 Å². The highest BCUT2D eigenvalue weighted by Gasteiger charge is 2.11. The number of carbonyl (C=O) groups excluding carboxylic acids is 1. The summed E-state index contributed by atoms with van der Waals surface area (Å²) in [6.45, 7) is 9.47. The van der Waals surface area contributed by atoms with E-state index in [-0.39, 0.29) is 18.7 Å². The highest BCUT2D eigenvalue weighted by molar-refractivity contribution is 5.89. The number of anilines is 2. The lowest BCUT2D eigenvalue weighted by molar-refractivity contribution is 0.237. The Hall–Kier alpha value is -1.75. The molecule has 5 nitrogen and oxygen atoms in total. The number of hydrogen-bond donors (Lipinski definition) is 3. The first kappa shape index (κ1) is 18.3. The minimum absolute atomic E-state index is 0.000738. The van der Waals surface area contributed by atoms with E-state index in [1.807, 2.05) is 31.2 Å². The second-order valence-corrected chi connectivity index (χ2v) is 5.64. The fourth-order valence-corrected chi connectivity index (χ4v) is 2.47. The number of urea groups is 1. The van der Waals surface area contributed by atoms with Gasteiger partial charge in [0.25, 0.3) is 0 Å². The lowest BCUT2D eigenvalue weighted by Crippen LogP contribution is -2.38. The minimum Gasteiger partial charge on any atom is -0.396 e. The van der Waals surface area contributed by atoms with Gasteiger partial charge in [0.2, 0.25) is 0 Å². The Kier molecular flexibility index (Phi) is 7.74. The van der Waals surface area contributed by atoms with Gasteiger partial charge >= 0.3 is 6.03 Å². The predicted octanol–water partition coefficient (Wildman–Crippen LogP) is 3.20. The Bertz CT molecular complexity index is 446. The average molecular weight is 307 g/mol. The van der Waals surface area contributed by atoms with Gasteiger partial charge in [-0.2, -0.15) is 0 Å². The van der Waals surface area contributed by atoms with Crippen LogP contribution in [0.4, 0.5) is 16.2 Å². The molecule has 0 saturated carbocycles. The lowest BCUT2D eigenvalue weighted by Gasteiger charge is -2.27. The zero-order chi connectivity index (χ0) is 16.5. The van der Waals surface area contributed by atoms with Crippen LogP contribution in [0.15, 0.2) is 24.3 Å². The van der Waals surface area contributed by atoms with Gasteiger partial charge in [-0.25, -0.2) is 4.79 Å². The molecule has 124 valence electrons. The van der Waals surface area contributed by atoms with Gasteiger partial charge < -0.3 is 20.6 Å². The third-order valence-corrected chi connectivity index (χ3v) is 3.73. The number of amides is 2. The highest BCUT2D eigenvalue weighted by atomic mass is 16.3. The molecule has 0 aromatic heterocycles.